The van der Waals surface area contributed by atoms with Crippen LogP contribution in [0.1, 0.15) is 32.3 Å². The molecule has 21 heavy (non-hydrogen) atoms. The van der Waals surface area contributed by atoms with Gasteiger partial charge in [0.05, 0.1) is 6.10 Å². The van der Waals surface area contributed by atoms with Crippen LogP contribution >= 0.6 is 0 Å². The van der Waals surface area contributed by atoms with E-state index in [4.69, 9.17) is 0 Å². The molecule has 0 radical (unpaired) electrons. The maximum Gasteiger partial charge on any atom is 0.0730 e. The van der Waals surface area contributed by atoms with Gasteiger partial charge in [-0.3, -0.25) is 0 Å². The Labute approximate surface area is 129 Å². The van der Waals surface area contributed by atoms with Crippen LogP contribution in [0.2, 0.25) is 0 Å². The van der Waals surface area contributed by atoms with E-state index in [0.29, 0.717) is 6.04 Å². The zero-order chi connectivity index (χ0) is 15.2. The number of hydrogen-bond donors (Lipinski definition) is 2. The average Bonchev–Trinajstić information content (AvgIpc) is 2.48. The van der Waals surface area contributed by atoms with Crippen LogP contribution in [0.3, 0.4) is 0 Å². The number of aliphatic hydroxyl groups is 1. The molecule has 1 aliphatic heterocycles. The Morgan fingerprint density at radius 2 is 1.81 bits per heavy atom. The third-order valence-electron chi connectivity index (χ3n) is 4.86. The smallest absolute Gasteiger partial charge is 0.0730 e. The Balaban J connectivity index is 1.78. The highest BCUT2D eigenvalue weighted by atomic mass is 16.3. The lowest BCUT2D eigenvalue weighted by Gasteiger charge is -2.35. The van der Waals surface area contributed by atoms with Gasteiger partial charge in [0, 0.05) is 12.1 Å². The highest BCUT2D eigenvalue weighted by molar-refractivity contribution is 5.15. The number of piperidine rings is 1. The maximum atomic E-state index is 10.4. The van der Waals surface area contributed by atoms with Crippen molar-refractivity contribution in [3.05, 3.63) is 35.9 Å². The van der Waals surface area contributed by atoms with Crippen LogP contribution in [0.4, 0.5) is 0 Å². The van der Waals surface area contributed by atoms with Crippen LogP contribution in [0.15, 0.2) is 30.3 Å². The summed E-state index contributed by atoms with van der Waals surface area (Å²) in [4.78, 5) is 2.40. The summed E-state index contributed by atoms with van der Waals surface area (Å²) in [6.07, 6.45) is 2.90. The van der Waals surface area contributed by atoms with E-state index in [1.54, 1.807) is 0 Å². The molecule has 3 atom stereocenters. The first-order valence-corrected chi connectivity index (χ1v) is 8.23. The summed E-state index contributed by atoms with van der Waals surface area (Å²) in [5, 5.41) is 14.0. The monoisotopic (exact) mass is 290 g/mol. The number of rotatable bonds is 6. The second kappa shape index (κ2) is 7.92. The van der Waals surface area contributed by atoms with E-state index in [9.17, 15) is 5.11 Å². The molecule has 1 aliphatic rings. The molecular weight excluding hydrogens is 260 g/mol. The van der Waals surface area contributed by atoms with Crippen LogP contribution in [0, 0.1) is 5.92 Å². The van der Waals surface area contributed by atoms with Crippen molar-refractivity contribution in [2.75, 3.05) is 20.1 Å². The van der Waals surface area contributed by atoms with Crippen LogP contribution in [-0.2, 0) is 6.42 Å². The minimum absolute atomic E-state index is 0.125. The van der Waals surface area contributed by atoms with E-state index in [1.165, 1.54) is 31.5 Å². The normalized spacial score (nSPS) is 21.9. The van der Waals surface area contributed by atoms with E-state index in [0.717, 1.165) is 12.3 Å². The van der Waals surface area contributed by atoms with E-state index in [2.05, 4.69) is 43.2 Å². The van der Waals surface area contributed by atoms with Gasteiger partial charge in [0.25, 0.3) is 0 Å². The van der Waals surface area contributed by atoms with Gasteiger partial charge in [0.1, 0.15) is 0 Å². The topological polar surface area (TPSA) is 35.5 Å². The van der Waals surface area contributed by atoms with Crippen molar-refractivity contribution in [2.45, 2.75) is 51.3 Å². The van der Waals surface area contributed by atoms with E-state index in [-0.39, 0.29) is 12.1 Å². The Bertz CT molecular complexity index is 401. The molecule has 0 aromatic heterocycles. The first kappa shape index (κ1) is 16.5. The summed E-state index contributed by atoms with van der Waals surface area (Å²) < 4.78 is 0. The molecule has 3 nitrogen and oxygen atoms in total. The van der Waals surface area contributed by atoms with Crippen LogP contribution < -0.4 is 5.32 Å². The summed E-state index contributed by atoms with van der Waals surface area (Å²) >= 11 is 0. The van der Waals surface area contributed by atoms with Gasteiger partial charge in [-0.25, -0.2) is 0 Å². The highest BCUT2D eigenvalue weighted by Gasteiger charge is 2.25. The fraction of sp³-hybridized carbons (Fsp3) is 0.667. The lowest BCUT2D eigenvalue weighted by molar-refractivity contribution is 0.114. The molecule has 0 spiro atoms. The van der Waals surface area contributed by atoms with Crippen LogP contribution in [-0.4, -0.2) is 48.3 Å². The Kier molecular flexibility index (Phi) is 6.22. The van der Waals surface area contributed by atoms with E-state index >= 15 is 0 Å². The van der Waals surface area contributed by atoms with Gasteiger partial charge in [-0.05, 0) is 64.7 Å². The summed E-state index contributed by atoms with van der Waals surface area (Å²) in [5.74, 6) is 0.729. The summed E-state index contributed by atoms with van der Waals surface area (Å²) in [6, 6.07) is 10.8. The molecule has 118 valence electrons. The molecule has 1 saturated heterocycles. The first-order chi connectivity index (χ1) is 10.1. The Hall–Kier alpha value is -0.900. The molecule has 0 amide bonds. The average molecular weight is 290 g/mol. The summed E-state index contributed by atoms with van der Waals surface area (Å²) in [5.41, 5.74) is 1.20. The van der Waals surface area contributed by atoms with Gasteiger partial charge >= 0.3 is 0 Å². The number of nitrogens with one attached hydrogen (secondary N) is 1. The molecule has 0 aliphatic carbocycles. The van der Waals surface area contributed by atoms with Gasteiger partial charge in [-0.15, -0.1) is 0 Å². The number of likely N-dealkylation sites (tertiary alicyclic amines) is 1. The third kappa shape index (κ3) is 5.10. The largest absolute Gasteiger partial charge is 0.391 e. The van der Waals surface area contributed by atoms with Crippen molar-refractivity contribution in [1.29, 1.82) is 0 Å². The molecule has 2 rings (SSSR count). The molecule has 1 fully saturated rings. The number of benzene rings is 1. The van der Waals surface area contributed by atoms with Crippen molar-refractivity contribution in [3.8, 4) is 0 Å². The van der Waals surface area contributed by atoms with Gasteiger partial charge in [0.15, 0.2) is 0 Å². The van der Waals surface area contributed by atoms with Crippen molar-refractivity contribution < 1.29 is 5.11 Å². The molecule has 1 aromatic rings. The Morgan fingerprint density at radius 1 is 1.19 bits per heavy atom. The van der Waals surface area contributed by atoms with Gasteiger partial charge in [-0.1, -0.05) is 30.3 Å². The number of hydrogen-bond acceptors (Lipinski definition) is 3. The molecule has 0 bridgehead atoms. The van der Waals surface area contributed by atoms with Crippen molar-refractivity contribution in [1.82, 2.24) is 10.2 Å². The third-order valence-corrected chi connectivity index (χ3v) is 4.86. The van der Waals surface area contributed by atoms with Gasteiger partial charge in [0.2, 0.25) is 0 Å². The first-order valence-electron chi connectivity index (χ1n) is 8.23. The molecule has 1 heterocycles. The molecular formula is C18H30N2O. The SMILES string of the molecule is CC(NC(C)C1CCN(C)CC1)C(O)Cc1ccccc1. The van der Waals surface area contributed by atoms with Crippen molar-refractivity contribution in [2.24, 2.45) is 5.92 Å². The van der Waals surface area contributed by atoms with Crippen molar-refractivity contribution >= 4 is 0 Å². The summed E-state index contributed by atoms with van der Waals surface area (Å²) in [7, 11) is 2.19. The Morgan fingerprint density at radius 3 is 2.43 bits per heavy atom. The standard InChI is InChI=1S/C18H30N2O/c1-14(17-9-11-20(3)12-10-17)19-15(2)18(21)13-16-7-5-4-6-8-16/h4-8,14-15,17-19,21H,9-13H2,1-3H3. The van der Waals surface area contributed by atoms with E-state index < -0.39 is 0 Å². The lowest BCUT2D eigenvalue weighted by Crippen LogP contribution is -2.48. The maximum absolute atomic E-state index is 10.4. The van der Waals surface area contributed by atoms with Gasteiger partial charge < -0.3 is 15.3 Å². The molecule has 0 saturated carbocycles. The second-order valence-corrected chi connectivity index (χ2v) is 6.64. The molecule has 1 aromatic carbocycles. The fourth-order valence-electron chi connectivity index (χ4n) is 3.22. The lowest BCUT2D eigenvalue weighted by atomic mass is 9.89. The minimum Gasteiger partial charge on any atom is -0.391 e. The predicted molar refractivity (Wildman–Crippen MR) is 88.4 cm³/mol. The molecule has 3 heteroatoms. The van der Waals surface area contributed by atoms with Crippen LogP contribution in [0.5, 0.6) is 0 Å². The summed E-state index contributed by atoms with van der Waals surface area (Å²) in [6.45, 7) is 6.75. The zero-order valence-corrected chi connectivity index (χ0v) is 13.6. The fourth-order valence-corrected chi connectivity index (χ4v) is 3.22. The highest BCUT2D eigenvalue weighted by Crippen LogP contribution is 2.20. The zero-order valence-electron chi connectivity index (χ0n) is 13.6. The quantitative estimate of drug-likeness (QED) is 0.844. The van der Waals surface area contributed by atoms with Crippen LogP contribution in [0.25, 0.3) is 0 Å². The predicted octanol–water partition coefficient (Wildman–Crippen LogP) is 2.30. The molecule has 2 N–H and O–H groups in total. The number of aliphatic hydroxyl groups excluding tert-OH is 1. The van der Waals surface area contributed by atoms with Crippen molar-refractivity contribution in [3.63, 3.8) is 0 Å². The number of nitrogens with zero attached hydrogens (tertiary/aromatic N) is 1. The van der Waals surface area contributed by atoms with Gasteiger partial charge in [-0.2, -0.15) is 0 Å². The minimum atomic E-state index is -0.332. The van der Waals surface area contributed by atoms with E-state index in [1.807, 2.05) is 18.2 Å². The molecule has 3 unspecified atom stereocenters. The second-order valence-electron chi connectivity index (χ2n) is 6.64.